The molecular weight excluding hydrogens is 334 g/mol. The predicted molar refractivity (Wildman–Crippen MR) is 113 cm³/mol. The minimum atomic E-state index is 0.571. The summed E-state index contributed by atoms with van der Waals surface area (Å²) in [7, 11) is 0. The zero-order valence-electron chi connectivity index (χ0n) is 15.4. The Kier molecular flexibility index (Phi) is 5.19. The lowest BCUT2D eigenvalue weighted by Gasteiger charge is -2.33. The summed E-state index contributed by atoms with van der Waals surface area (Å²) in [5.74, 6) is 0. The Morgan fingerprint density at radius 3 is 2.63 bits per heavy atom. The van der Waals surface area contributed by atoms with Gasteiger partial charge in [-0.25, -0.2) is 0 Å². The summed E-state index contributed by atoms with van der Waals surface area (Å²) in [4.78, 5) is 6.61. The van der Waals surface area contributed by atoms with Crippen LogP contribution in [0, 0.1) is 5.41 Å². The first-order valence-electron chi connectivity index (χ1n) is 9.53. The van der Waals surface area contributed by atoms with Gasteiger partial charge in [0.05, 0.1) is 0 Å². The minimum absolute atomic E-state index is 0.571. The van der Waals surface area contributed by atoms with Crippen LogP contribution in [0.5, 0.6) is 0 Å². The van der Waals surface area contributed by atoms with Gasteiger partial charge in [-0.3, -0.25) is 4.98 Å². The molecule has 27 heavy (non-hydrogen) atoms. The maximum Gasteiger partial charge on any atom is 0.0381 e. The van der Waals surface area contributed by atoms with Crippen LogP contribution < -0.4 is 15.5 Å². The Labute approximate surface area is 160 Å². The van der Waals surface area contributed by atoms with Crippen LogP contribution in [0.2, 0.25) is 0 Å². The molecule has 2 heterocycles. The molecule has 1 aliphatic carbocycles. The molecule has 1 saturated heterocycles. The molecule has 2 fully saturated rings. The van der Waals surface area contributed by atoms with Gasteiger partial charge < -0.3 is 20.9 Å². The van der Waals surface area contributed by atoms with E-state index in [1.165, 1.54) is 31.2 Å². The Bertz CT molecular complexity index is 845. The summed E-state index contributed by atoms with van der Waals surface area (Å²) < 4.78 is 0. The zero-order valence-corrected chi connectivity index (χ0v) is 15.4. The number of anilines is 2. The van der Waals surface area contributed by atoms with Crippen molar-refractivity contribution in [2.75, 3.05) is 23.3 Å². The van der Waals surface area contributed by atoms with Crippen LogP contribution in [0.1, 0.15) is 30.4 Å². The summed E-state index contributed by atoms with van der Waals surface area (Å²) in [6, 6.07) is 11.0. The third kappa shape index (κ3) is 4.37. The van der Waals surface area contributed by atoms with Gasteiger partial charge in [0.25, 0.3) is 0 Å². The van der Waals surface area contributed by atoms with Crippen LogP contribution in [-0.4, -0.2) is 30.3 Å². The summed E-state index contributed by atoms with van der Waals surface area (Å²) in [5.41, 5.74) is 5.19. The molecule has 0 spiro atoms. The first kappa shape index (κ1) is 17.3. The van der Waals surface area contributed by atoms with Crippen molar-refractivity contribution in [2.45, 2.75) is 25.3 Å². The van der Waals surface area contributed by atoms with E-state index >= 15 is 0 Å². The third-order valence-electron chi connectivity index (χ3n) is 4.97. The molecule has 0 bridgehead atoms. The summed E-state index contributed by atoms with van der Waals surface area (Å²) in [5, 5.41) is 14.4. The standard InChI is InChI=1S/C22H25N5/c23-14-18(16-26-20-2-3-20)22-9-10-24-15-17(22)8-11-25-19-4-6-21(7-5-19)27-12-1-13-27/h4-11,14-16,20,23,25-26H,1-3,12-13H2/b11-8+,18-16+,23-14?. The second-order valence-corrected chi connectivity index (χ2v) is 7.01. The number of aromatic nitrogens is 1. The van der Waals surface area contributed by atoms with Crippen molar-refractivity contribution in [3.05, 3.63) is 66.3 Å². The molecule has 0 unspecified atom stereocenters. The molecule has 0 radical (unpaired) electrons. The van der Waals surface area contributed by atoms with E-state index in [9.17, 15) is 0 Å². The van der Waals surface area contributed by atoms with Crippen molar-refractivity contribution in [3.8, 4) is 0 Å². The molecule has 4 rings (SSSR count). The van der Waals surface area contributed by atoms with E-state index in [0.717, 1.165) is 35.5 Å². The number of benzene rings is 1. The molecule has 2 aromatic rings. The highest BCUT2D eigenvalue weighted by Crippen LogP contribution is 2.23. The lowest BCUT2D eigenvalue weighted by Crippen LogP contribution is -2.36. The average Bonchev–Trinajstić information content (AvgIpc) is 3.48. The van der Waals surface area contributed by atoms with Gasteiger partial charge in [0.2, 0.25) is 0 Å². The molecule has 1 aromatic heterocycles. The highest BCUT2D eigenvalue weighted by molar-refractivity contribution is 6.09. The largest absolute Gasteiger partial charge is 0.388 e. The average molecular weight is 359 g/mol. The fourth-order valence-corrected chi connectivity index (χ4v) is 3.03. The predicted octanol–water partition coefficient (Wildman–Crippen LogP) is 4.12. The Balaban J connectivity index is 1.43. The number of nitrogens with zero attached hydrogens (tertiary/aromatic N) is 2. The number of nitrogens with one attached hydrogen (secondary N) is 3. The zero-order chi connectivity index (χ0) is 18.5. The van der Waals surface area contributed by atoms with Crippen molar-refractivity contribution in [1.82, 2.24) is 10.3 Å². The smallest absolute Gasteiger partial charge is 0.0381 e. The molecule has 3 N–H and O–H groups in total. The van der Waals surface area contributed by atoms with Gasteiger partial charge in [0.1, 0.15) is 0 Å². The molecule has 1 saturated carbocycles. The van der Waals surface area contributed by atoms with Gasteiger partial charge in [-0.15, -0.1) is 0 Å². The molecule has 0 atom stereocenters. The second-order valence-electron chi connectivity index (χ2n) is 7.01. The molecular formula is C22H25N5. The van der Waals surface area contributed by atoms with E-state index in [4.69, 9.17) is 5.41 Å². The number of hydrogen-bond donors (Lipinski definition) is 3. The number of rotatable bonds is 8. The van der Waals surface area contributed by atoms with Crippen molar-refractivity contribution in [2.24, 2.45) is 0 Å². The van der Waals surface area contributed by atoms with Crippen LogP contribution in [0.25, 0.3) is 11.6 Å². The fraction of sp³-hybridized carbons (Fsp3) is 0.273. The van der Waals surface area contributed by atoms with Gasteiger partial charge in [-0.1, -0.05) is 0 Å². The van der Waals surface area contributed by atoms with Crippen LogP contribution in [-0.2, 0) is 0 Å². The number of pyridine rings is 1. The lowest BCUT2D eigenvalue weighted by atomic mass is 10.0. The molecule has 0 amide bonds. The van der Waals surface area contributed by atoms with Crippen LogP contribution in [0.4, 0.5) is 11.4 Å². The van der Waals surface area contributed by atoms with E-state index < -0.39 is 0 Å². The Morgan fingerprint density at radius 1 is 1.15 bits per heavy atom. The van der Waals surface area contributed by atoms with E-state index in [1.807, 2.05) is 30.7 Å². The number of allylic oxidation sites excluding steroid dienone is 1. The molecule has 1 aliphatic heterocycles. The first-order chi connectivity index (χ1) is 13.3. The van der Waals surface area contributed by atoms with Crippen LogP contribution in [0.15, 0.2) is 55.1 Å². The quantitative estimate of drug-likeness (QED) is 0.621. The summed E-state index contributed by atoms with van der Waals surface area (Å²) in [6.07, 6.45) is 14.6. The lowest BCUT2D eigenvalue weighted by molar-refractivity contribution is 0.618. The van der Waals surface area contributed by atoms with Crippen molar-refractivity contribution >= 4 is 29.2 Å². The van der Waals surface area contributed by atoms with Gasteiger partial charge in [-0.2, -0.15) is 0 Å². The monoisotopic (exact) mass is 359 g/mol. The van der Waals surface area contributed by atoms with Crippen LogP contribution >= 0.6 is 0 Å². The molecule has 138 valence electrons. The topological polar surface area (TPSA) is 64.0 Å². The molecule has 5 nitrogen and oxygen atoms in total. The molecule has 2 aliphatic rings. The van der Waals surface area contributed by atoms with Gasteiger partial charge >= 0.3 is 0 Å². The summed E-state index contributed by atoms with van der Waals surface area (Å²) in [6.45, 7) is 2.32. The van der Waals surface area contributed by atoms with Gasteiger partial charge in [0.15, 0.2) is 0 Å². The fourth-order valence-electron chi connectivity index (χ4n) is 3.03. The molecule has 1 aromatic carbocycles. The SMILES string of the molecule is N=C/C(=C\NC1CC1)c1ccncc1/C=C/Nc1ccc(N2CCC2)cc1. The van der Waals surface area contributed by atoms with Crippen molar-refractivity contribution < 1.29 is 0 Å². The first-order valence-corrected chi connectivity index (χ1v) is 9.53. The maximum atomic E-state index is 7.75. The van der Waals surface area contributed by atoms with Gasteiger partial charge in [-0.05, 0) is 61.2 Å². The number of hydrogen-bond acceptors (Lipinski definition) is 5. The van der Waals surface area contributed by atoms with Gasteiger partial charge in [0, 0.05) is 72.7 Å². The highest BCUT2D eigenvalue weighted by Gasteiger charge is 2.19. The molecule has 5 heteroatoms. The van der Waals surface area contributed by atoms with Crippen molar-refractivity contribution in [3.63, 3.8) is 0 Å². The van der Waals surface area contributed by atoms with E-state index in [0.29, 0.717) is 6.04 Å². The summed E-state index contributed by atoms with van der Waals surface area (Å²) >= 11 is 0. The Hall–Kier alpha value is -3.08. The second kappa shape index (κ2) is 8.08. The minimum Gasteiger partial charge on any atom is -0.388 e. The highest BCUT2D eigenvalue weighted by atomic mass is 15.2. The maximum absolute atomic E-state index is 7.75. The third-order valence-corrected chi connectivity index (χ3v) is 4.97. The van der Waals surface area contributed by atoms with E-state index in [-0.39, 0.29) is 0 Å². The van der Waals surface area contributed by atoms with E-state index in [1.54, 1.807) is 6.20 Å². The Morgan fingerprint density at radius 2 is 1.96 bits per heavy atom. The van der Waals surface area contributed by atoms with Crippen molar-refractivity contribution in [1.29, 1.82) is 5.41 Å². The van der Waals surface area contributed by atoms with Crippen LogP contribution in [0.3, 0.4) is 0 Å². The van der Waals surface area contributed by atoms with E-state index in [2.05, 4.69) is 44.8 Å². The normalized spacial score (nSPS) is 16.9.